The number of hydrogen-bond donors (Lipinski definition) is 1. The van der Waals surface area contributed by atoms with Gasteiger partial charge >= 0.3 is 0 Å². The molecular formula is C21H20ClNO4S2. The van der Waals surface area contributed by atoms with Crippen molar-refractivity contribution in [2.24, 2.45) is 0 Å². The fraction of sp³-hybridized carbons (Fsp3) is 0.286. The summed E-state index contributed by atoms with van der Waals surface area (Å²) in [6, 6.07) is 15.0. The standard InChI is InChI=1S/C21H20ClNO4S2/c1-21(10-11-29(25,26)13-21)23-20(24)19-17(16-4-2-3-5-18(16)27-19)12-28-15-8-6-14(22)7-9-15/h2-9H,10-13H2,1H3,(H,23,24). The Balaban J connectivity index is 1.62. The quantitative estimate of drug-likeness (QED) is 0.572. The van der Waals surface area contributed by atoms with Crippen LogP contribution in [0.25, 0.3) is 11.0 Å². The van der Waals surface area contributed by atoms with Crippen molar-refractivity contribution in [1.29, 1.82) is 0 Å². The van der Waals surface area contributed by atoms with Crippen LogP contribution in [-0.2, 0) is 15.6 Å². The van der Waals surface area contributed by atoms with Crippen LogP contribution in [0.1, 0.15) is 29.5 Å². The van der Waals surface area contributed by atoms with Gasteiger partial charge in [-0.3, -0.25) is 4.79 Å². The first kappa shape index (κ1) is 20.3. The molecule has 1 atom stereocenters. The van der Waals surface area contributed by atoms with Gasteiger partial charge in [-0.2, -0.15) is 0 Å². The number of fused-ring (bicyclic) bond motifs is 1. The number of amides is 1. The average Bonchev–Trinajstić information content (AvgIpc) is 3.18. The highest BCUT2D eigenvalue weighted by molar-refractivity contribution is 7.98. The van der Waals surface area contributed by atoms with Crippen LogP contribution in [0, 0.1) is 0 Å². The van der Waals surface area contributed by atoms with E-state index in [4.69, 9.17) is 16.0 Å². The van der Waals surface area contributed by atoms with Gasteiger partial charge in [-0.25, -0.2) is 8.42 Å². The maximum atomic E-state index is 13.0. The molecule has 0 radical (unpaired) electrons. The van der Waals surface area contributed by atoms with Crippen LogP contribution >= 0.6 is 23.4 Å². The number of nitrogens with one attached hydrogen (secondary N) is 1. The SMILES string of the molecule is CC1(NC(=O)c2oc3ccccc3c2CSc2ccc(Cl)cc2)CCS(=O)(=O)C1. The van der Waals surface area contributed by atoms with E-state index in [1.165, 1.54) is 0 Å². The van der Waals surface area contributed by atoms with Crippen molar-refractivity contribution in [3.05, 3.63) is 64.9 Å². The Morgan fingerprint density at radius 3 is 2.62 bits per heavy atom. The predicted molar refractivity (Wildman–Crippen MR) is 116 cm³/mol. The molecule has 0 aliphatic carbocycles. The summed E-state index contributed by atoms with van der Waals surface area (Å²) in [5.41, 5.74) is 0.645. The summed E-state index contributed by atoms with van der Waals surface area (Å²) < 4.78 is 29.6. The molecule has 2 aromatic carbocycles. The number of thioether (sulfide) groups is 1. The van der Waals surface area contributed by atoms with Crippen molar-refractivity contribution >= 4 is 50.1 Å². The van der Waals surface area contributed by atoms with Crippen LogP contribution in [0.3, 0.4) is 0 Å². The van der Waals surface area contributed by atoms with Gasteiger partial charge in [0.1, 0.15) is 5.58 Å². The van der Waals surface area contributed by atoms with E-state index in [0.717, 1.165) is 15.8 Å². The molecule has 1 fully saturated rings. The molecule has 152 valence electrons. The van der Waals surface area contributed by atoms with E-state index < -0.39 is 15.4 Å². The molecule has 0 saturated carbocycles. The number of sulfone groups is 1. The number of carbonyl (C=O) groups excluding carboxylic acids is 1. The molecule has 1 aliphatic rings. The van der Waals surface area contributed by atoms with Gasteiger partial charge in [0.05, 0.1) is 17.0 Å². The Bertz CT molecular complexity index is 1170. The van der Waals surface area contributed by atoms with Gasteiger partial charge in [0.15, 0.2) is 15.6 Å². The molecule has 0 bridgehead atoms. The summed E-state index contributed by atoms with van der Waals surface area (Å²) in [5.74, 6) is 0.422. The van der Waals surface area contributed by atoms with E-state index in [9.17, 15) is 13.2 Å². The van der Waals surface area contributed by atoms with Crippen LogP contribution in [-0.4, -0.2) is 31.4 Å². The number of furan rings is 1. The van der Waals surface area contributed by atoms with E-state index >= 15 is 0 Å². The van der Waals surface area contributed by atoms with E-state index in [-0.39, 0.29) is 23.2 Å². The van der Waals surface area contributed by atoms with Crippen molar-refractivity contribution in [2.45, 2.75) is 29.5 Å². The van der Waals surface area contributed by atoms with Gasteiger partial charge in [0.25, 0.3) is 5.91 Å². The topological polar surface area (TPSA) is 76.4 Å². The third-order valence-corrected chi connectivity index (χ3v) is 8.21. The highest BCUT2D eigenvalue weighted by Crippen LogP contribution is 2.33. The summed E-state index contributed by atoms with van der Waals surface area (Å²) in [7, 11) is -3.13. The summed E-state index contributed by atoms with van der Waals surface area (Å²) in [6.45, 7) is 1.76. The average molecular weight is 450 g/mol. The van der Waals surface area contributed by atoms with Crippen LogP contribution in [0.15, 0.2) is 57.8 Å². The molecule has 8 heteroatoms. The van der Waals surface area contributed by atoms with Crippen LogP contribution in [0.2, 0.25) is 5.02 Å². The maximum Gasteiger partial charge on any atom is 0.287 e. The molecule has 1 saturated heterocycles. The van der Waals surface area contributed by atoms with Crippen molar-refractivity contribution in [3.63, 3.8) is 0 Å². The van der Waals surface area contributed by atoms with E-state index in [1.807, 2.05) is 48.5 Å². The third kappa shape index (κ3) is 4.47. The summed E-state index contributed by atoms with van der Waals surface area (Å²) in [4.78, 5) is 14.1. The number of rotatable bonds is 5. The van der Waals surface area contributed by atoms with Crippen LogP contribution in [0.5, 0.6) is 0 Å². The Kier molecular flexibility index (Phi) is 5.40. The molecule has 1 aromatic heterocycles. The minimum atomic E-state index is -3.13. The molecule has 1 unspecified atom stereocenters. The predicted octanol–water partition coefficient (Wildman–Crippen LogP) is 4.69. The van der Waals surface area contributed by atoms with Gasteiger partial charge in [-0.15, -0.1) is 11.8 Å². The molecule has 4 rings (SSSR count). The highest BCUT2D eigenvalue weighted by atomic mass is 35.5. The van der Waals surface area contributed by atoms with Gasteiger partial charge in [0.2, 0.25) is 0 Å². The second-order valence-corrected chi connectivity index (χ2v) is 11.2. The Morgan fingerprint density at radius 2 is 1.93 bits per heavy atom. The maximum absolute atomic E-state index is 13.0. The zero-order chi connectivity index (χ0) is 20.6. The Labute approximate surface area is 178 Å². The summed E-state index contributed by atoms with van der Waals surface area (Å²) in [6.07, 6.45) is 0.399. The fourth-order valence-electron chi connectivity index (χ4n) is 3.55. The largest absolute Gasteiger partial charge is 0.451 e. The monoisotopic (exact) mass is 449 g/mol. The zero-order valence-corrected chi connectivity index (χ0v) is 18.2. The summed E-state index contributed by atoms with van der Waals surface area (Å²) >= 11 is 7.53. The highest BCUT2D eigenvalue weighted by Gasteiger charge is 2.40. The second-order valence-electron chi connectivity index (χ2n) is 7.51. The van der Waals surface area contributed by atoms with Crippen molar-refractivity contribution < 1.29 is 17.6 Å². The first-order valence-corrected chi connectivity index (χ1v) is 12.3. The molecule has 1 aliphatic heterocycles. The fourth-order valence-corrected chi connectivity index (χ4v) is 6.70. The number of para-hydroxylation sites is 1. The van der Waals surface area contributed by atoms with E-state index in [2.05, 4.69) is 5.32 Å². The minimum Gasteiger partial charge on any atom is -0.451 e. The lowest BCUT2D eigenvalue weighted by molar-refractivity contribution is 0.0888. The number of benzene rings is 2. The molecule has 1 N–H and O–H groups in total. The molecular weight excluding hydrogens is 430 g/mol. The van der Waals surface area contributed by atoms with Gasteiger partial charge in [-0.1, -0.05) is 29.8 Å². The minimum absolute atomic E-state index is 0.0547. The van der Waals surface area contributed by atoms with Crippen molar-refractivity contribution in [3.8, 4) is 0 Å². The molecule has 5 nitrogen and oxygen atoms in total. The second kappa shape index (κ2) is 7.70. The third-order valence-electron chi connectivity index (χ3n) is 5.02. The molecule has 1 amide bonds. The Morgan fingerprint density at radius 1 is 1.21 bits per heavy atom. The van der Waals surface area contributed by atoms with Gasteiger partial charge < -0.3 is 9.73 Å². The van der Waals surface area contributed by atoms with E-state index in [0.29, 0.717) is 22.8 Å². The van der Waals surface area contributed by atoms with Crippen molar-refractivity contribution in [1.82, 2.24) is 5.32 Å². The first-order chi connectivity index (χ1) is 13.7. The lowest BCUT2D eigenvalue weighted by Crippen LogP contribution is -2.47. The molecule has 3 aromatic rings. The van der Waals surface area contributed by atoms with Crippen molar-refractivity contribution in [2.75, 3.05) is 11.5 Å². The molecule has 29 heavy (non-hydrogen) atoms. The van der Waals surface area contributed by atoms with Gasteiger partial charge in [0, 0.05) is 26.6 Å². The van der Waals surface area contributed by atoms with Crippen LogP contribution < -0.4 is 5.32 Å². The number of hydrogen-bond acceptors (Lipinski definition) is 5. The lowest BCUT2D eigenvalue weighted by Gasteiger charge is -2.23. The lowest BCUT2D eigenvalue weighted by atomic mass is 10.0. The normalized spacial score (nSPS) is 20.8. The number of carbonyl (C=O) groups is 1. The van der Waals surface area contributed by atoms with Gasteiger partial charge in [-0.05, 0) is 43.7 Å². The van der Waals surface area contributed by atoms with E-state index in [1.54, 1.807) is 18.7 Å². The van der Waals surface area contributed by atoms with Crippen LogP contribution in [0.4, 0.5) is 0 Å². The summed E-state index contributed by atoms with van der Waals surface area (Å²) in [5, 5.41) is 4.44. The molecule has 0 spiro atoms. The zero-order valence-electron chi connectivity index (χ0n) is 15.8. The molecule has 2 heterocycles. The first-order valence-electron chi connectivity index (χ1n) is 9.16. The Hall–Kier alpha value is -1.96. The number of halogens is 1. The smallest absolute Gasteiger partial charge is 0.287 e.